The number of carbonyl (C=O) groups excluding carboxylic acids is 5. The summed E-state index contributed by atoms with van der Waals surface area (Å²) >= 11 is 0. The van der Waals surface area contributed by atoms with E-state index in [4.69, 9.17) is 19.9 Å². The molecular weight excluding hydrogens is 506 g/mol. The third-order valence-electron chi connectivity index (χ3n) is 6.28. The fraction of sp³-hybridized carbons (Fsp3) is 0.393. The van der Waals surface area contributed by atoms with Gasteiger partial charge in [0.1, 0.15) is 18.7 Å². The molecule has 0 aliphatic carbocycles. The van der Waals surface area contributed by atoms with Crippen molar-refractivity contribution in [1.82, 2.24) is 10.2 Å². The van der Waals surface area contributed by atoms with Gasteiger partial charge in [0.15, 0.2) is 0 Å². The number of carbonyl (C=O) groups is 5. The van der Waals surface area contributed by atoms with Crippen molar-refractivity contribution in [1.29, 1.82) is 0 Å². The second kappa shape index (κ2) is 13.9. The van der Waals surface area contributed by atoms with E-state index in [1.54, 1.807) is 26.0 Å². The number of rotatable bonds is 11. The molecule has 3 amide bonds. The van der Waals surface area contributed by atoms with Gasteiger partial charge < -0.3 is 25.3 Å². The van der Waals surface area contributed by atoms with Gasteiger partial charge in [-0.05, 0) is 30.5 Å². The Morgan fingerprint density at radius 1 is 0.923 bits per heavy atom. The van der Waals surface area contributed by atoms with E-state index >= 15 is 0 Å². The number of nitrogens with two attached hydrogens (primary N) is 1. The number of hydrogen-bond acceptors (Lipinski definition) is 8. The lowest BCUT2D eigenvalue weighted by molar-refractivity contribution is -0.157. The predicted molar refractivity (Wildman–Crippen MR) is 139 cm³/mol. The Kier molecular flexibility index (Phi) is 10.4. The van der Waals surface area contributed by atoms with Gasteiger partial charge in [-0.25, -0.2) is 4.79 Å². The summed E-state index contributed by atoms with van der Waals surface area (Å²) in [7, 11) is 0. The Hall–Kier alpha value is -4.41. The summed E-state index contributed by atoms with van der Waals surface area (Å²) in [5, 5.41) is 2.49. The lowest BCUT2D eigenvalue weighted by atomic mass is 9.92. The average molecular weight is 540 g/mol. The highest BCUT2D eigenvalue weighted by atomic mass is 16.6. The van der Waals surface area contributed by atoms with Crippen molar-refractivity contribution in [3.05, 3.63) is 71.3 Å². The van der Waals surface area contributed by atoms with Gasteiger partial charge in [0.2, 0.25) is 11.8 Å². The van der Waals surface area contributed by atoms with Crippen LogP contribution < -0.4 is 11.1 Å². The largest absolute Gasteiger partial charge is 0.466 e. The van der Waals surface area contributed by atoms with Crippen molar-refractivity contribution >= 4 is 29.8 Å². The summed E-state index contributed by atoms with van der Waals surface area (Å²) in [4.78, 5) is 65.3. The van der Waals surface area contributed by atoms with Gasteiger partial charge >= 0.3 is 18.0 Å². The number of fused-ring (bicyclic) bond motifs is 1. The molecule has 0 spiro atoms. The highest BCUT2D eigenvalue weighted by molar-refractivity contribution is 5.95. The third-order valence-corrected chi connectivity index (χ3v) is 6.28. The maximum atomic E-state index is 13.6. The Balaban J connectivity index is 1.85. The monoisotopic (exact) mass is 539 g/mol. The zero-order valence-electron chi connectivity index (χ0n) is 22.0. The molecular formula is C28H33N3O8. The summed E-state index contributed by atoms with van der Waals surface area (Å²) in [5.74, 6) is -4.83. The predicted octanol–water partition coefficient (Wildman–Crippen LogP) is 1.85. The third kappa shape index (κ3) is 7.79. The van der Waals surface area contributed by atoms with Crippen LogP contribution in [0, 0.1) is 5.92 Å². The summed E-state index contributed by atoms with van der Waals surface area (Å²) in [6.07, 6.45) is -1.12. The first-order valence-corrected chi connectivity index (χ1v) is 12.7. The standard InChI is InChI=1S/C28H33N3O8/c1-3-37-23(32)15-21(27(35)38-4-2)24(25(29)33)30-26(34)22-14-19-12-8-9-13-20(19)16-31(22)28(36)39-17-18-10-6-5-7-11-18/h5-13,21-22,24H,3-4,14-17H2,1-2H3,(H2,29,33)(H,30,34)/t21-,22+,24-/m1/s1. The minimum atomic E-state index is -1.58. The maximum absolute atomic E-state index is 13.6. The molecule has 0 saturated heterocycles. The number of nitrogens with one attached hydrogen (secondary N) is 1. The van der Waals surface area contributed by atoms with E-state index in [0.29, 0.717) is 0 Å². The van der Waals surface area contributed by atoms with Crippen LogP contribution in [0.15, 0.2) is 54.6 Å². The number of ether oxygens (including phenoxy) is 3. The van der Waals surface area contributed by atoms with Gasteiger partial charge in [-0.1, -0.05) is 54.6 Å². The number of hydrogen-bond donors (Lipinski definition) is 2. The summed E-state index contributed by atoms with van der Waals surface area (Å²) in [6, 6.07) is 13.8. The lowest BCUT2D eigenvalue weighted by Gasteiger charge is -2.36. The van der Waals surface area contributed by atoms with Gasteiger partial charge in [-0.15, -0.1) is 0 Å². The summed E-state index contributed by atoms with van der Waals surface area (Å²) < 4.78 is 15.4. The summed E-state index contributed by atoms with van der Waals surface area (Å²) in [5.41, 5.74) is 8.02. The van der Waals surface area contributed by atoms with E-state index in [1.807, 2.05) is 42.5 Å². The molecule has 11 nitrogen and oxygen atoms in total. The summed E-state index contributed by atoms with van der Waals surface area (Å²) in [6.45, 7) is 3.29. The van der Waals surface area contributed by atoms with E-state index in [1.165, 1.54) is 4.90 Å². The van der Waals surface area contributed by atoms with Gasteiger partial charge in [0, 0.05) is 6.42 Å². The minimum absolute atomic E-state index is 0.000538. The Morgan fingerprint density at radius 2 is 1.56 bits per heavy atom. The van der Waals surface area contributed by atoms with Crippen LogP contribution >= 0.6 is 0 Å². The fourth-order valence-corrected chi connectivity index (χ4v) is 4.36. The average Bonchev–Trinajstić information content (AvgIpc) is 2.93. The number of nitrogens with zero attached hydrogens (tertiary/aromatic N) is 1. The second-order valence-electron chi connectivity index (χ2n) is 8.91. The number of primary amides is 1. The smallest absolute Gasteiger partial charge is 0.411 e. The van der Waals surface area contributed by atoms with Crippen LogP contribution in [0.2, 0.25) is 0 Å². The van der Waals surface area contributed by atoms with Crippen LogP contribution in [0.3, 0.4) is 0 Å². The molecule has 2 aromatic rings. The SMILES string of the molecule is CCOC(=O)C[C@@H](C(=O)OCC)[C@@H](NC(=O)[C@@H]1Cc2ccccc2CN1C(=O)OCc1ccccc1)C(N)=O. The molecule has 39 heavy (non-hydrogen) atoms. The molecule has 0 saturated carbocycles. The molecule has 0 unspecified atom stereocenters. The topological polar surface area (TPSA) is 154 Å². The molecule has 1 aliphatic heterocycles. The quantitative estimate of drug-likeness (QED) is 0.324. The molecule has 208 valence electrons. The molecule has 0 aromatic heterocycles. The minimum Gasteiger partial charge on any atom is -0.466 e. The normalized spacial score (nSPS) is 15.7. The number of amides is 3. The number of esters is 2. The molecule has 2 aromatic carbocycles. The van der Waals surface area contributed by atoms with Crippen LogP contribution in [-0.4, -0.2) is 60.0 Å². The fourth-order valence-electron chi connectivity index (χ4n) is 4.36. The molecule has 3 rings (SSSR count). The van der Waals surface area contributed by atoms with Gasteiger partial charge in [0.05, 0.1) is 32.1 Å². The molecule has 11 heteroatoms. The molecule has 3 N–H and O–H groups in total. The van der Waals surface area contributed by atoms with Crippen molar-refractivity contribution in [2.75, 3.05) is 13.2 Å². The van der Waals surface area contributed by atoms with Crippen molar-refractivity contribution in [2.45, 2.75) is 51.9 Å². The van der Waals surface area contributed by atoms with Crippen LogP contribution in [0.1, 0.15) is 37.0 Å². The molecule has 1 aliphatic rings. The maximum Gasteiger partial charge on any atom is 0.411 e. The highest BCUT2D eigenvalue weighted by Crippen LogP contribution is 2.25. The van der Waals surface area contributed by atoms with E-state index in [9.17, 15) is 24.0 Å². The van der Waals surface area contributed by atoms with E-state index < -0.39 is 54.3 Å². The zero-order chi connectivity index (χ0) is 28.4. The van der Waals surface area contributed by atoms with Gasteiger partial charge in [-0.3, -0.25) is 24.1 Å². The van der Waals surface area contributed by atoms with E-state index in [-0.39, 0.29) is 32.8 Å². The van der Waals surface area contributed by atoms with Crippen LogP contribution in [0.25, 0.3) is 0 Å². The zero-order valence-corrected chi connectivity index (χ0v) is 22.0. The van der Waals surface area contributed by atoms with E-state index in [0.717, 1.165) is 16.7 Å². The molecule has 0 bridgehead atoms. The molecule has 0 fully saturated rings. The van der Waals surface area contributed by atoms with Crippen LogP contribution in [-0.2, 0) is 53.0 Å². The Labute approximate surface area is 226 Å². The van der Waals surface area contributed by atoms with Crippen molar-refractivity contribution < 1.29 is 38.2 Å². The van der Waals surface area contributed by atoms with Crippen LogP contribution in [0.5, 0.6) is 0 Å². The molecule has 0 radical (unpaired) electrons. The molecule has 1 heterocycles. The van der Waals surface area contributed by atoms with Crippen molar-refractivity contribution in [3.63, 3.8) is 0 Å². The number of benzene rings is 2. The lowest BCUT2D eigenvalue weighted by Crippen LogP contribution is -2.59. The van der Waals surface area contributed by atoms with Gasteiger partial charge in [0.25, 0.3) is 0 Å². The first-order chi connectivity index (χ1) is 18.7. The first-order valence-electron chi connectivity index (χ1n) is 12.7. The first kappa shape index (κ1) is 29.2. The highest BCUT2D eigenvalue weighted by Gasteiger charge is 2.41. The van der Waals surface area contributed by atoms with Crippen molar-refractivity contribution in [3.8, 4) is 0 Å². The van der Waals surface area contributed by atoms with E-state index in [2.05, 4.69) is 5.32 Å². The molecule has 3 atom stereocenters. The van der Waals surface area contributed by atoms with Crippen LogP contribution in [0.4, 0.5) is 4.79 Å². The second-order valence-corrected chi connectivity index (χ2v) is 8.91. The Morgan fingerprint density at radius 3 is 2.21 bits per heavy atom. The van der Waals surface area contributed by atoms with Gasteiger partial charge in [-0.2, -0.15) is 0 Å². The van der Waals surface area contributed by atoms with Crippen molar-refractivity contribution in [2.24, 2.45) is 11.7 Å². The Bertz CT molecular complexity index is 1190.